The van der Waals surface area contributed by atoms with Crippen molar-refractivity contribution in [3.05, 3.63) is 36.2 Å². The summed E-state index contributed by atoms with van der Waals surface area (Å²) < 4.78 is 45.9. The van der Waals surface area contributed by atoms with Crippen LogP contribution in [-0.4, -0.2) is 29.7 Å². The standard InChI is InChI=1S/C13H9F3N2O3/c1-20-12-17-5-9(6-18-12)10-4-8(7-19)2-3-11(10)21-13(14,15)16/h2-7H,1H3. The summed E-state index contributed by atoms with van der Waals surface area (Å²) in [5, 5.41) is 0. The molecule has 0 bridgehead atoms. The van der Waals surface area contributed by atoms with E-state index in [0.717, 1.165) is 6.07 Å². The van der Waals surface area contributed by atoms with Gasteiger partial charge in [0.25, 0.3) is 0 Å². The number of aromatic nitrogens is 2. The average Bonchev–Trinajstić information content (AvgIpc) is 2.46. The van der Waals surface area contributed by atoms with Crippen LogP contribution in [0.1, 0.15) is 10.4 Å². The second kappa shape index (κ2) is 5.78. The number of rotatable bonds is 4. The monoisotopic (exact) mass is 298 g/mol. The van der Waals surface area contributed by atoms with Crippen LogP contribution in [0.15, 0.2) is 30.6 Å². The number of carbonyl (C=O) groups is 1. The second-order valence-corrected chi connectivity index (χ2v) is 3.88. The molecule has 0 aliphatic heterocycles. The minimum atomic E-state index is -4.84. The van der Waals surface area contributed by atoms with Crippen molar-refractivity contribution in [3.63, 3.8) is 0 Å². The van der Waals surface area contributed by atoms with E-state index in [1.807, 2.05) is 0 Å². The molecule has 0 fully saturated rings. The Hall–Kier alpha value is -2.64. The van der Waals surface area contributed by atoms with Crippen molar-refractivity contribution < 1.29 is 27.4 Å². The highest BCUT2D eigenvalue weighted by atomic mass is 19.4. The van der Waals surface area contributed by atoms with Gasteiger partial charge in [-0.2, -0.15) is 0 Å². The summed E-state index contributed by atoms with van der Waals surface area (Å²) in [5.74, 6) is -0.443. The topological polar surface area (TPSA) is 61.3 Å². The molecule has 0 saturated carbocycles. The number of halogens is 3. The van der Waals surface area contributed by atoms with Crippen LogP contribution < -0.4 is 9.47 Å². The highest BCUT2D eigenvalue weighted by Gasteiger charge is 2.32. The van der Waals surface area contributed by atoms with Gasteiger partial charge in [0.05, 0.1) is 7.11 Å². The Morgan fingerprint density at radius 2 is 1.86 bits per heavy atom. The van der Waals surface area contributed by atoms with Gasteiger partial charge in [-0.25, -0.2) is 9.97 Å². The van der Waals surface area contributed by atoms with E-state index < -0.39 is 12.1 Å². The third-order valence-corrected chi connectivity index (χ3v) is 2.49. The molecule has 0 amide bonds. The zero-order valence-electron chi connectivity index (χ0n) is 10.7. The maximum absolute atomic E-state index is 12.4. The second-order valence-electron chi connectivity index (χ2n) is 3.88. The number of alkyl halides is 3. The number of hydrogen-bond donors (Lipinski definition) is 0. The molecule has 21 heavy (non-hydrogen) atoms. The van der Waals surface area contributed by atoms with E-state index in [4.69, 9.17) is 4.74 Å². The summed E-state index contributed by atoms with van der Waals surface area (Å²) in [6.45, 7) is 0. The van der Waals surface area contributed by atoms with Gasteiger partial charge in [-0.3, -0.25) is 4.79 Å². The van der Waals surface area contributed by atoms with Crippen LogP contribution in [0.5, 0.6) is 11.8 Å². The molecule has 0 N–H and O–H groups in total. The van der Waals surface area contributed by atoms with Crippen LogP contribution in [-0.2, 0) is 0 Å². The molecule has 0 aliphatic carbocycles. The van der Waals surface area contributed by atoms with Gasteiger partial charge in [0.15, 0.2) is 0 Å². The van der Waals surface area contributed by atoms with E-state index >= 15 is 0 Å². The summed E-state index contributed by atoms with van der Waals surface area (Å²) >= 11 is 0. The predicted molar refractivity (Wildman–Crippen MR) is 66.1 cm³/mol. The Balaban J connectivity index is 2.49. The summed E-state index contributed by atoms with van der Waals surface area (Å²) in [6, 6.07) is 3.63. The minimum absolute atomic E-state index is 0.0552. The van der Waals surface area contributed by atoms with Gasteiger partial charge in [0, 0.05) is 29.1 Å². The SMILES string of the molecule is COc1ncc(-c2cc(C=O)ccc2OC(F)(F)F)cn1. The summed E-state index contributed by atoms with van der Waals surface area (Å²) in [6.07, 6.45) is -1.77. The molecule has 0 saturated heterocycles. The first-order valence-corrected chi connectivity index (χ1v) is 5.64. The van der Waals surface area contributed by atoms with Crippen molar-refractivity contribution in [1.29, 1.82) is 0 Å². The smallest absolute Gasteiger partial charge is 0.467 e. The van der Waals surface area contributed by atoms with E-state index in [-0.39, 0.29) is 22.7 Å². The summed E-state index contributed by atoms with van der Waals surface area (Å²) in [5.41, 5.74) is 0.522. The lowest BCUT2D eigenvalue weighted by Gasteiger charge is -2.13. The Bertz CT molecular complexity index is 642. The molecule has 0 aliphatic rings. The molecule has 110 valence electrons. The first kappa shape index (κ1) is 14.8. The molecule has 1 aromatic heterocycles. The number of benzene rings is 1. The molecule has 0 unspecified atom stereocenters. The third-order valence-electron chi connectivity index (χ3n) is 2.49. The molecule has 2 rings (SSSR count). The number of hydrogen-bond acceptors (Lipinski definition) is 5. The minimum Gasteiger partial charge on any atom is -0.467 e. The zero-order chi connectivity index (χ0) is 15.5. The highest BCUT2D eigenvalue weighted by molar-refractivity contribution is 5.81. The quantitative estimate of drug-likeness (QED) is 0.812. The molecule has 1 heterocycles. The molecular weight excluding hydrogens is 289 g/mol. The van der Waals surface area contributed by atoms with E-state index in [2.05, 4.69) is 14.7 Å². The lowest BCUT2D eigenvalue weighted by molar-refractivity contribution is -0.274. The fourth-order valence-electron chi connectivity index (χ4n) is 1.62. The zero-order valence-corrected chi connectivity index (χ0v) is 10.7. The fourth-order valence-corrected chi connectivity index (χ4v) is 1.62. The van der Waals surface area contributed by atoms with Gasteiger partial charge in [-0.15, -0.1) is 13.2 Å². The first-order chi connectivity index (χ1) is 9.93. The van der Waals surface area contributed by atoms with Gasteiger partial charge in [0.2, 0.25) is 0 Å². The number of ether oxygens (including phenoxy) is 2. The van der Waals surface area contributed by atoms with Gasteiger partial charge < -0.3 is 9.47 Å². The fraction of sp³-hybridized carbons (Fsp3) is 0.154. The Morgan fingerprint density at radius 3 is 2.38 bits per heavy atom. The van der Waals surface area contributed by atoms with E-state index in [9.17, 15) is 18.0 Å². The van der Waals surface area contributed by atoms with Crippen LogP contribution in [0, 0.1) is 0 Å². The molecule has 5 nitrogen and oxygen atoms in total. The van der Waals surface area contributed by atoms with Crippen LogP contribution in [0.2, 0.25) is 0 Å². The molecule has 2 aromatic rings. The van der Waals surface area contributed by atoms with Crippen molar-refractivity contribution in [1.82, 2.24) is 9.97 Å². The van der Waals surface area contributed by atoms with Gasteiger partial charge in [0.1, 0.15) is 12.0 Å². The van der Waals surface area contributed by atoms with Crippen molar-refractivity contribution >= 4 is 6.29 Å². The van der Waals surface area contributed by atoms with Gasteiger partial charge in [-0.1, -0.05) is 0 Å². The van der Waals surface area contributed by atoms with Crippen LogP contribution >= 0.6 is 0 Å². The number of carbonyl (C=O) groups excluding carboxylic acids is 1. The van der Waals surface area contributed by atoms with E-state index in [0.29, 0.717) is 6.29 Å². The molecule has 0 atom stereocenters. The predicted octanol–water partition coefficient (Wildman–Crippen LogP) is 2.86. The summed E-state index contributed by atoms with van der Waals surface area (Å²) in [4.78, 5) is 18.4. The number of methoxy groups -OCH3 is 1. The maximum atomic E-state index is 12.4. The molecule has 1 aromatic carbocycles. The van der Waals surface area contributed by atoms with Crippen molar-refractivity contribution in [2.24, 2.45) is 0 Å². The normalized spacial score (nSPS) is 11.0. The Morgan fingerprint density at radius 1 is 1.19 bits per heavy atom. The lowest BCUT2D eigenvalue weighted by atomic mass is 10.1. The van der Waals surface area contributed by atoms with Crippen LogP contribution in [0.4, 0.5) is 13.2 Å². The number of aldehydes is 1. The van der Waals surface area contributed by atoms with Crippen LogP contribution in [0.25, 0.3) is 11.1 Å². The maximum Gasteiger partial charge on any atom is 0.573 e. The molecule has 0 spiro atoms. The average molecular weight is 298 g/mol. The van der Waals surface area contributed by atoms with E-state index in [1.54, 1.807) is 0 Å². The molecular formula is C13H9F3N2O3. The third kappa shape index (κ3) is 3.68. The Kier molecular flexibility index (Phi) is 4.06. The van der Waals surface area contributed by atoms with Gasteiger partial charge >= 0.3 is 12.4 Å². The largest absolute Gasteiger partial charge is 0.573 e. The van der Waals surface area contributed by atoms with Crippen LogP contribution in [0.3, 0.4) is 0 Å². The lowest BCUT2D eigenvalue weighted by Crippen LogP contribution is -2.17. The van der Waals surface area contributed by atoms with Crippen molar-refractivity contribution in [2.45, 2.75) is 6.36 Å². The number of nitrogens with zero attached hydrogens (tertiary/aromatic N) is 2. The van der Waals surface area contributed by atoms with E-state index in [1.165, 1.54) is 31.6 Å². The highest BCUT2D eigenvalue weighted by Crippen LogP contribution is 2.34. The van der Waals surface area contributed by atoms with Gasteiger partial charge in [-0.05, 0) is 18.2 Å². The molecule has 0 radical (unpaired) electrons. The summed E-state index contributed by atoms with van der Waals surface area (Å²) in [7, 11) is 1.36. The first-order valence-electron chi connectivity index (χ1n) is 5.64. The molecule has 8 heteroatoms. The van der Waals surface area contributed by atoms with Crippen molar-refractivity contribution in [3.8, 4) is 22.9 Å². The van der Waals surface area contributed by atoms with Crippen molar-refractivity contribution in [2.75, 3.05) is 7.11 Å². The Labute approximate surface area is 117 Å².